The molecule has 0 aromatic heterocycles. The Morgan fingerprint density at radius 3 is 1.76 bits per heavy atom. The van der Waals surface area contributed by atoms with Crippen LogP contribution in [0.15, 0.2) is 97.1 Å². The number of aromatic hydroxyl groups is 2. The molecule has 0 unspecified atom stereocenters. The van der Waals surface area contributed by atoms with Crippen LogP contribution in [0.4, 0.5) is 0 Å². The average Bonchev–Trinajstić information content (AvgIpc) is 2.88. The molecule has 4 aromatic rings. The Hall–Kier alpha value is -4.12. The summed E-state index contributed by atoms with van der Waals surface area (Å²) >= 11 is 0. The maximum absolute atomic E-state index is 9.40. The van der Waals surface area contributed by atoms with Gasteiger partial charge in [0, 0.05) is 17.7 Å². The lowest BCUT2D eigenvalue weighted by Crippen LogP contribution is -2.07. The van der Waals surface area contributed by atoms with Gasteiger partial charge in [-0.1, -0.05) is 72.8 Å². The normalized spacial score (nSPS) is 11.9. The van der Waals surface area contributed by atoms with Crippen molar-refractivity contribution in [2.45, 2.75) is 26.1 Å². The van der Waals surface area contributed by atoms with E-state index in [1.807, 2.05) is 84.9 Å². The predicted octanol–water partition coefficient (Wildman–Crippen LogP) is 6.27. The summed E-state index contributed by atoms with van der Waals surface area (Å²) in [6.07, 6.45) is 1.74. The van der Waals surface area contributed by atoms with Gasteiger partial charge < -0.3 is 24.4 Å². The lowest BCUT2D eigenvalue weighted by molar-refractivity contribution is 0.256. The lowest BCUT2D eigenvalue weighted by Gasteiger charge is -2.17. The van der Waals surface area contributed by atoms with Crippen LogP contribution in [0.25, 0.3) is 0 Å². The van der Waals surface area contributed by atoms with Crippen LogP contribution in [-0.4, -0.2) is 16.8 Å². The molecule has 1 heterocycles. The molecule has 5 rings (SSSR count). The van der Waals surface area contributed by atoms with Crippen LogP contribution < -0.4 is 14.2 Å². The SMILES string of the molecule is Oc1cc(O)c2c(c1)OCCC2.c1ccc(COc2ccccc2OCc2ccccc2)cc1. The molecule has 174 valence electrons. The molecule has 0 fully saturated rings. The minimum Gasteiger partial charge on any atom is -0.508 e. The first-order valence-electron chi connectivity index (χ1n) is 11.3. The molecule has 2 N–H and O–H groups in total. The van der Waals surface area contributed by atoms with Crippen molar-refractivity contribution in [3.8, 4) is 28.7 Å². The number of benzene rings is 4. The number of hydrogen-bond acceptors (Lipinski definition) is 5. The molecule has 0 spiro atoms. The summed E-state index contributed by atoms with van der Waals surface area (Å²) in [4.78, 5) is 0. The van der Waals surface area contributed by atoms with E-state index in [2.05, 4.69) is 0 Å². The van der Waals surface area contributed by atoms with Gasteiger partial charge in [-0.25, -0.2) is 0 Å². The van der Waals surface area contributed by atoms with Crippen LogP contribution in [0.3, 0.4) is 0 Å². The van der Waals surface area contributed by atoms with Gasteiger partial charge in [0.15, 0.2) is 11.5 Å². The minimum absolute atomic E-state index is 0.0492. The smallest absolute Gasteiger partial charge is 0.161 e. The van der Waals surface area contributed by atoms with Crippen molar-refractivity contribution in [2.24, 2.45) is 0 Å². The van der Waals surface area contributed by atoms with Crippen LogP contribution in [0.1, 0.15) is 23.1 Å². The second-order valence-corrected chi connectivity index (χ2v) is 7.89. The third kappa shape index (κ3) is 6.45. The van der Waals surface area contributed by atoms with Crippen molar-refractivity contribution >= 4 is 0 Å². The standard InChI is InChI=1S/C20H18O2.C9H10O3/c1-3-9-17(10-4-1)15-21-19-13-7-8-14-20(19)22-16-18-11-5-2-6-12-18;10-6-4-8(11)7-2-1-3-12-9(7)5-6/h1-14H,15-16H2;4-5,10-11H,1-3H2. The Labute approximate surface area is 199 Å². The molecule has 4 aromatic carbocycles. The second kappa shape index (κ2) is 11.7. The van der Waals surface area contributed by atoms with E-state index in [0.717, 1.165) is 41.0 Å². The number of rotatable bonds is 6. The van der Waals surface area contributed by atoms with Gasteiger partial charge >= 0.3 is 0 Å². The highest BCUT2D eigenvalue weighted by Gasteiger charge is 2.15. The fraction of sp³-hybridized carbons (Fsp3) is 0.172. The van der Waals surface area contributed by atoms with E-state index >= 15 is 0 Å². The highest BCUT2D eigenvalue weighted by Crippen LogP contribution is 2.35. The van der Waals surface area contributed by atoms with Gasteiger partial charge in [0.1, 0.15) is 30.5 Å². The van der Waals surface area contributed by atoms with Crippen molar-refractivity contribution in [3.63, 3.8) is 0 Å². The minimum atomic E-state index is 0.0492. The first-order valence-corrected chi connectivity index (χ1v) is 11.3. The van der Waals surface area contributed by atoms with E-state index in [9.17, 15) is 5.11 Å². The van der Waals surface area contributed by atoms with E-state index in [1.165, 1.54) is 12.1 Å². The number of fused-ring (bicyclic) bond motifs is 1. The molecular weight excluding hydrogens is 428 g/mol. The third-order valence-electron chi connectivity index (χ3n) is 5.32. The Morgan fingerprint density at radius 2 is 1.21 bits per heavy atom. The summed E-state index contributed by atoms with van der Waals surface area (Å²) in [5, 5.41) is 18.5. The van der Waals surface area contributed by atoms with Crippen LogP contribution in [0.2, 0.25) is 0 Å². The summed E-state index contributed by atoms with van der Waals surface area (Å²) < 4.78 is 17.0. The Bertz CT molecular complexity index is 1110. The largest absolute Gasteiger partial charge is 0.508 e. The van der Waals surface area contributed by atoms with Crippen LogP contribution in [0, 0.1) is 0 Å². The van der Waals surface area contributed by atoms with Crippen molar-refractivity contribution < 1.29 is 24.4 Å². The quantitative estimate of drug-likeness (QED) is 0.358. The van der Waals surface area contributed by atoms with E-state index in [0.29, 0.717) is 25.6 Å². The van der Waals surface area contributed by atoms with Gasteiger partial charge in [0.25, 0.3) is 0 Å². The van der Waals surface area contributed by atoms with E-state index in [4.69, 9.17) is 19.3 Å². The summed E-state index contributed by atoms with van der Waals surface area (Å²) in [6, 6.07) is 30.9. The summed E-state index contributed by atoms with van der Waals surface area (Å²) in [7, 11) is 0. The summed E-state index contributed by atoms with van der Waals surface area (Å²) in [5.74, 6) is 2.32. The van der Waals surface area contributed by atoms with Crippen molar-refractivity contribution in [1.82, 2.24) is 0 Å². The maximum Gasteiger partial charge on any atom is 0.161 e. The predicted molar refractivity (Wildman–Crippen MR) is 132 cm³/mol. The molecule has 0 bridgehead atoms. The molecule has 0 aliphatic carbocycles. The zero-order valence-electron chi connectivity index (χ0n) is 18.9. The molecule has 0 amide bonds. The number of phenols is 2. The molecule has 0 atom stereocenters. The molecule has 1 aliphatic heterocycles. The van der Waals surface area contributed by atoms with Gasteiger partial charge in [-0.3, -0.25) is 0 Å². The van der Waals surface area contributed by atoms with Gasteiger partial charge in [-0.05, 0) is 36.1 Å². The number of hydrogen-bond donors (Lipinski definition) is 2. The molecule has 5 heteroatoms. The summed E-state index contributed by atoms with van der Waals surface area (Å²) in [6.45, 7) is 1.73. The molecule has 34 heavy (non-hydrogen) atoms. The third-order valence-corrected chi connectivity index (χ3v) is 5.32. The number of ether oxygens (including phenoxy) is 3. The van der Waals surface area contributed by atoms with Gasteiger partial charge in [0.05, 0.1) is 6.61 Å². The number of para-hydroxylation sites is 2. The topological polar surface area (TPSA) is 68.2 Å². The zero-order valence-corrected chi connectivity index (χ0v) is 18.9. The molecule has 5 nitrogen and oxygen atoms in total. The highest BCUT2D eigenvalue weighted by molar-refractivity contribution is 5.50. The zero-order chi connectivity index (χ0) is 23.6. The molecule has 0 saturated heterocycles. The lowest BCUT2D eigenvalue weighted by atomic mass is 10.1. The summed E-state index contributed by atoms with van der Waals surface area (Å²) in [5.41, 5.74) is 3.08. The molecule has 1 aliphatic rings. The van der Waals surface area contributed by atoms with Gasteiger partial charge in [-0.2, -0.15) is 0 Å². The van der Waals surface area contributed by atoms with E-state index < -0.39 is 0 Å². The van der Waals surface area contributed by atoms with Crippen LogP contribution in [0.5, 0.6) is 28.7 Å². The van der Waals surface area contributed by atoms with Crippen LogP contribution in [-0.2, 0) is 19.6 Å². The fourth-order valence-electron chi connectivity index (χ4n) is 3.59. The Morgan fingerprint density at radius 1 is 0.676 bits per heavy atom. The van der Waals surface area contributed by atoms with Crippen molar-refractivity contribution in [1.29, 1.82) is 0 Å². The maximum atomic E-state index is 9.40. The van der Waals surface area contributed by atoms with E-state index in [1.54, 1.807) is 0 Å². The average molecular weight is 457 g/mol. The Kier molecular flexibility index (Phi) is 7.90. The first kappa shape index (κ1) is 23.1. The second-order valence-electron chi connectivity index (χ2n) is 7.89. The fourth-order valence-corrected chi connectivity index (χ4v) is 3.59. The monoisotopic (exact) mass is 456 g/mol. The van der Waals surface area contributed by atoms with Gasteiger partial charge in [-0.15, -0.1) is 0 Å². The molecule has 0 saturated carbocycles. The first-order chi connectivity index (χ1) is 16.7. The Balaban J connectivity index is 0.000000192. The van der Waals surface area contributed by atoms with Crippen molar-refractivity contribution in [3.05, 3.63) is 114 Å². The highest BCUT2D eigenvalue weighted by atomic mass is 16.5. The van der Waals surface area contributed by atoms with Crippen LogP contribution >= 0.6 is 0 Å². The van der Waals surface area contributed by atoms with Crippen molar-refractivity contribution in [2.75, 3.05) is 6.61 Å². The van der Waals surface area contributed by atoms with E-state index in [-0.39, 0.29) is 11.5 Å². The number of phenolic OH excluding ortho intramolecular Hbond substituents is 2. The molecule has 0 radical (unpaired) electrons. The molecular formula is C29H28O5. The van der Waals surface area contributed by atoms with Gasteiger partial charge in [0.2, 0.25) is 0 Å².